The summed E-state index contributed by atoms with van der Waals surface area (Å²) in [7, 11) is 1.52. The highest BCUT2D eigenvalue weighted by Gasteiger charge is 2.29. The van der Waals surface area contributed by atoms with Gasteiger partial charge >= 0.3 is 5.97 Å². The number of hydrogen-bond acceptors (Lipinski definition) is 6. The molecule has 1 aromatic heterocycles. The predicted molar refractivity (Wildman–Crippen MR) is 113 cm³/mol. The summed E-state index contributed by atoms with van der Waals surface area (Å²) in [6.45, 7) is 2.89. The standard InChI is InChI=1S/C22H26N4O5/c1-3-31-22(30)16-11-13-25(14-12-16)20(28)15-24(2)21(29)18-9-10-19(27)26(23-18)17-7-5-4-6-8-17/h4-10,16H,3,11-15H2,1-2H3. The van der Waals surface area contributed by atoms with Gasteiger partial charge < -0.3 is 14.5 Å². The number of benzene rings is 1. The van der Waals surface area contributed by atoms with Gasteiger partial charge in [0.15, 0.2) is 0 Å². The van der Waals surface area contributed by atoms with Gasteiger partial charge in [-0.05, 0) is 38.0 Å². The van der Waals surface area contributed by atoms with Crippen LogP contribution in [0.5, 0.6) is 0 Å². The number of carbonyl (C=O) groups excluding carboxylic acids is 3. The molecule has 0 aliphatic carbocycles. The molecule has 0 atom stereocenters. The number of likely N-dealkylation sites (N-methyl/N-ethyl adjacent to an activating group) is 1. The molecule has 1 fully saturated rings. The van der Waals surface area contributed by atoms with Crippen molar-refractivity contribution in [2.24, 2.45) is 5.92 Å². The molecule has 164 valence electrons. The molecule has 1 aliphatic rings. The van der Waals surface area contributed by atoms with Crippen molar-refractivity contribution in [2.75, 3.05) is 33.3 Å². The molecule has 3 rings (SSSR count). The smallest absolute Gasteiger partial charge is 0.309 e. The summed E-state index contributed by atoms with van der Waals surface area (Å²) in [6.07, 6.45) is 1.09. The molecule has 9 nitrogen and oxygen atoms in total. The molecular formula is C22H26N4O5. The fourth-order valence-electron chi connectivity index (χ4n) is 3.47. The van der Waals surface area contributed by atoms with Crippen LogP contribution >= 0.6 is 0 Å². The number of esters is 1. The molecule has 0 saturated carbocycles. The third-order valence-electron chi connectivity index (χ3n) is 5.21. The molecule has 2 heterocycles. The third kappa shape index (κ3) is 5.36. The van der Waals surface area contributed by atoms with Crippen molar-refractivity contribution in [1.82, 2.24) is 19.6 Å². The van der Waals surface area contributed by atoms with E-state index in [4.69, 9.17) is 4.74 Å². The van der Waals surface area contributed by atoms with Gasteiger partial charge in [-0.2, -0.15) is 9.78 Å². The first kappa shape index (κ1) is 22.2. The monoisotopic (exact) mass is 426 g/mol. The first-order valence-corrected chi connectivity index (χ1v) is 10.3. The highest BCUT2D eigenvalue weighted by atomic mass is 16.5. The Kier molecular flexibility index (Phi) is 7.17. The molecule has 31 heavy (non-hydrogen) atoms. The van der Waals surface area contributed by atoms with Gasteiger partial charge in [-0.15, -0.1) is 0 Å². The van der Waals surface area contributed by atoms with Crippen LogP contribution in [0.1, 0.15) is 30.3 Å². The summed E-state index contributed by atoms with van der Waals surface area (Å²) in [5.74, 6) is -1.07. The largest absolute Gasteiger partial charge is 0.466 e. The van der Waals surface area contributed by atoms with Gasteiger partial charge in [0.1, 0.15) is 5.69 Å². The maximum absolute atomic E-state index is 12.8. The van der Waals surface area contributed by atoms with Gasteiger partial charge in [0.25, 0.3) is 11.5 Å². The van der Waals surface area contributed by atoms with Crippen molar-refractivity contribution in [1.29, 1.82) is 0 Å². The molecular weight excluding hydrogens is 400 g/mol. The zero-order chi connectivity index (χ0) is 22.4. The number of ether oxygens (including phenoxy) is 1. The maximum Gasteiger partial charge on any atom is 0.309 e. The van der Waals surface area contributed by atoms with E-state index in [1.807, 2.05) is 6.07 Å². The van der Waals surface area contributed by atoms with Gasteiger partial charge in [-0.1, -0.05) is 18.2 Å². The second kappa shape index (κ2) is 10.0. The number of carbonyl (C=O) groups is 3. The topological polar surface area (TPSA) is 102 Å². The molecule has 0 N–H and O–H groups in total. The Balaban J connectivity index is 1.62. The van der Waals surface area contributed by atoms with Crippen LogP contribution in [0.4, 0.5) is 0 Å². The predicted octanol–water partition coefficient (Wildman–Crippen LogP) is 1.11. The molecule has 1 aliphatic heterocycles. The lowest BCUT2D eigenvalue weighted by atomic mass is 9.97. The van der Waals surface area contributed by atoms with E-state index in [0.29, 0.717) is 38.2 Å². The molecule has 2 amide bonds. The van der Waals surface area contributed by atoms with E-state index in [1.54, 1.807) is 36.1 Å². The molecule has 1 saturated heterocycles. The second-order valence-corrected chi connectivity index (χ2v) is 7.37. The number of piperidine rings is 1. The van der Waals surface area contributed by atoms with Crippen molar-refractivity contribution < 1.29 is 19.1 Å². The summed E-state index contributed by atoms with van der Waals surface area (Å²) in [5.41, 5.74) is 0.260. The zero-order valence-electron chi connectivity index (χ0n) is 17.7. The van der Waals surface area contributed by atoms with Gasteiger partial charge in [0.2, 0.25) is 5.91 Å². The van der Waals surface area contributed by atoms with Gasteiger partial charge in [0, 0.05) is 26.2 Å². The summed E-state index contributed by atoms with van der Waals surface area (Å²) >= 11 is 0. The maximum atomic E-state index is 12.8. The molecule has 1 aromatic carbocycles. The lowest BCUT2D eigenvalue weighted by Crippen LogP contribution is -2.46. The summed E-state index contributed by atoms with van der Waals surface area (Å²) < 4.78 is 6.20. The van der Waals surface area contributed by atoms with Crippen molar-refractivity contribution in [3.63, 3.8) is 0 Å². The lowest BCUT2D eigenvalue weighted by Gasteiger charge is -2.32. The minimum atomic E-state index is -0.459. The second-order valence-electron chi connectivity index (χ2n) is 7.37. The number of rotatable bonds is 6. The van der Waals surface area contributed by atoms with Crippen LogP contribution in [0.15, 0.2) is 47.3 Å². The van der Waals surface area contributed by atoms with Crippen LogP contribution < -0.4 is 5.56 Å². The normalized spacial score (nSPS) is 14.2. The van der Waals surface area contributed by atoms with E-state index in [1.165, 1.54) is 24.1 Å². The molecule has 0 spiro atoms. The highest BCUT2D eigenvalue weighted by molar-refractivity contribution is 5.94. The average molecular weight is 426 g/mol. The quantitative estimate of drug-likeness (QED) is 0.641. The van der Waals surface area contributed by atoms with Gasteiger partial charge in [-0.3, -0.25) is 19.2 Å². The van der Waals surface area contributed by atoms with Crippen molar-refractivity contribution >= 4 is 17.8 Å². The molecule has 9 heteroatoms. The van der Waals surface area contributed by atoms with Gasteiger partial charge in [0.05, 0.1) is 24.8 Å². The SMILES string of the molecule is CCOC(=O)C1CCN(C(=O)CN(C)C(=O)c2ccc(=O)n(-c3ccccc3)n2)CC1. The molecule has 0 radical (unpaired) electrons. The molecule has 0 bridgehead atoms. The summed E-state index contributed by atoms with van der Waals surface area (Å²) in [6, 6.07) is 11.4. The highest BCUT2D eigenvalue weighted by Crippen LogP contribution is 2.19. The Labute approximate surface area is 180 Å². The minimum absolute atomic E-state index is 0.0692. The third-order valence-corrected chi connectivity index (χ3v) is 5.21. The number of para-hydroxylation sites is 1. The van der Waals surface area contributed by atoms with E-state index in [-0.39, 0.29) is 35.6 Å². The van der Waals surface area contributed by atoms with Crippen LogP contribution in [-0.2, 0) is 14.3 Å². The average Bonchev–Trinajstić information content (AvgIpc) is 2.79. The van der Waals surface area contributed by atoms with E-state index >= 15 is 0 Å². The molecule has 2 aromatic rings. The van der Waals surface area contributed by atoms with Crippen molar-refractivity contribution in [2.45, 2.75) is 19.8 Å². The van der Waals surface area contributed by atoms with E-state index in [0.717, 1.165) is 4.68 Å². The minimum Gasteiger partial charge on any atom is -0.466 e. The fourth-order valence-corrected chi connectivity index (χ4v) is 3.47. The van der Waals surface area contributed by atoms with Crippen molar-refractivity contribution in [3.8, 4) is 5.69 Å². The van der Waals surface area contributed by atoms with Crippen LogP contribution in [-0.4, -0.2) is 70.7 Å². The Morgan fingerprint density at radius 2 is 1.77 bits per heavy atom. The number of aromatic nitrogens is 2. The van der Waals surface area contributed by atoms with E-state index in [2.05, 4.69) is 5.10 Å². The lowest BCUT2D eigenvalue weighted by molar-refractivity contribution is -0.151. The van der Waals surface area contributed by atoms with Crippen molar-refractivity contribution in [3.05, 3.63) is 58.5 Å². The summed E-state index contributed by atoms with van der Waals surface area (Å²) in [4.78, 5) is 52.3. The van der Waals surface area contributed by atoms with Crippen LogP contribution in [0.3, 0.4) is 0 Å². The van der Waals surface area contributed by atoms with E-state index in [9.17, 15) is 19.2 Å². The Bertz CT molecular complexity index is 996. The van der Waals surface area contributed by atoms with Crippen LogP contribution in [0.2, 0.25) is 0 Å². The number of likely N-dealkylation sites (tertiary alicyclic amines) is 1. The van der Waals surface area contributed by atoms with Gasteiger partial charge in [-0.25, -0.2) is 0 Å². The Morgan fingerprint density at radius 1 is 1.10 bits per heavy atom. The first-order chi connectivity index (χ1) is 14.9. The molecule has 0 unspecified atom stereocenters. The fraction of sp³-hybridized carbons (Fsp3) is 0.409. The number of hydrogen-bond donors (Lipinski definition) is 0. The Morgan fingerprint density at radius 3 is 2.42 bits per heavy atom. The number of nitrogens with zero attached hydrogens (tertiary/aromatic N) is 4. The Hall–Kier alpha value is -3.49. The first-order valence-electron chi connectivity index (χ1n) is 10.3. The summed E-state index contributed by atoms with van der Waals surface area (Å²) in [5, 5.41) is 4.17. The van der Waals surface area contributed by atoms with Crippen LogP contribution in [0.25, 0.3) is 5.69 Å². The van der Waals surface area contributed by atoms with E-state index < -0.39 is 5.91 Å². The zero-order valence-corrected chi connectivity index (χ0v) is 17.7. The number of amides is 2. The van der Waals surface area contributed by atoms with Crippen LogP contribution in [0, 0.1) is 5.92 Å².